The monoisotopic (exact) mass is 537 g/mol. The van der Waals surface area contributed by atoms with E-state index in [2.05, 4.69) is 10.6 Å². The Morgan fingerprint density at radius 1 is 1.18 bits per heavy atom. The second-order valence-electron chi connectivity index (χ2n) is 10.9. The van der Waals surface area contributed by atoms with Crippen LogP contribution in [0.4, 0.5) is 9.18 Å². The third-order valence-corrected chi connectivity index (χ3v) is 7.33. The van der Waals surface area contributed by atoms with Gasteiger partial charge in [0.2, 0.25) is 11.8 Å². The molecule has 2 aromatic rings. The average Bonchev–Trinajstić information content (AvgIpc) is 3.59. The van der Waals surface area contributed by atoms with E-state index in [0.29, 0.717) is 44.1 Å². The maximum Gasteiger partial charge on any atom is 0.411 e. The average molecular weight is 538 g/mol. The van der Waals surface area contributed by atoms with Gasteiger partial charge in [-0.3, -0.25) is 14.5 Å². The molecular formula is C30H36FN3O5. The Bertz CT molecular complexity index is 1180. The molecule has 208 valence electrons. The Morgan fingerprint density at radius 2 is 1.92 bits per heavy atom. The van der Waals surface area contributed by atoms with Gasteiger partial charge in [0.25, 0.3) is 0 Å². The van der Waals surface area contributed by atoms with Crippen LogP contribution in [-0.4, -0.2) is 47.7 Å². The summed E-state index contributed by atoms with van der Waals surface area (Å²) >= 11 is 0. The van der Waals surface area contributed by atoms with Crippen LogP contribution in [0, 0.1) is 17.7 Å². The summed E-state index contributed by atoms with van der Waals surface area (Å²) in [5.41, 5.74) is 0.450. The van der Waals surface area contributed by atoms with E-state index in [-0.39, 0.29) is 30.7 Å². The lowest BCUT2D eigenvalue weighted by Crippen LogP contribution is -2.53. The van der Waals surface area contributed by atoms with E-state index in [1.807, 2.05) is 44.2 Å². The summed E-state index contributed by atoms with van der Waals surface area (Å²) in [5.74, 6) is -1.33. The molecule has 4 rings (SSSR count). The highest BCUT2D eigenvalue weighted by molar-refractivity contribution is 5.88. The Morgan fingerprint density at radius 3 is 2.51 bits per heavy atom. The Kier molecular flexibility index (Phi) is 8.99. The van der Waals surface area contributed by atoms with Crippen molar-refractivity contribution in [2.24, 2.45) is 11.8 Å². The number of ether oxygens (including phenoxy) is 1. The summed E-state index contributed by atoms with van der Waals surface area (Å²) in [7, 11) is 0. The smallest absolute Gasteiger partial charge is 0.411 e. The minimum atomic E-state index is -0.936. The van der Waals surface area contributed by atoms with E-state index in [1.54, 1.807) is 12.1 Å². The first kappa shape index (κ1) is 28.3. The normalized spacial score (nSPS) is 19.1. The lowest BCUT2D eigenvalue weighted by molar-refractivity contribution is -0.130. The molecule has 2 N–H and O–H groups in total. The number of hydrogen-bond donors (Lipinski definition) is 2. The van der Waals surface area contributed by atoms with Crippen LogP contribution >= 0.6 is 0 Å². The summed E-state index contributed by atoms with van der Waals surface area (Å²) < 4.78 is 20.0. The number of amides is 3. The van der Waals surface area contributed by atoms with Crippen molar-refractivity contribution in [1.82, 2.24) is 15.5 Å². The topological polar surface area (TPSA) is 105 Å². The highest BCUT2D eigenvalue weighted by Crippen LogP contribution is 2.50. The number of nitrogens with zero attached hydrogens (tertiary/aromatic N) is 1. The van der Waals surface area contributed by atoms with Crippen LogP contribution < -0.4 is 10.6 Å². The van der Waals surface area contributed by atoms with Crippen molar-refractivity contribution in [3.05, 3.63) is 71.5 Å². The van der Waals surface area contributed by atoms with Gasteiger partial charge in [-0.2, -0.15) is 0 Å². The van der Waals surface area contributed by atoms with Crippen LogP contribution in [0.5, 0.6) is 0 Å². The fourth-order valence-corrected chi connectivity index (χ4v) is 5.07. The van der Waals surface area contributed by atoms with E-state index in [0.717, 1.165) is 5.56 Å². The fourth-order valence-electron chi connectivity index (χ4n) is 5.07. The largest absolute Gasteiger partial charge is 0.438 e. The quantitative estimate of drug-likeness (QED) is 0.397. The van der Waals surface area contributed by atoms with Crippen LogP contribution in [0.25, 0.3) is 0 Å². The Hall–Kier alpha value is -3.75. The third-order valence-electron chi connectivity index (χ3n) is 7.33. The molecule has 39 heavy (non-hydrogen) atoms. The van der Waals surface area contributed by atoms with Crippen molar-refractivity contribution in [1.29, 1.82) is 0 Å². The molecule has 0 spiro atoms. The van der Waals surface area contributed by atoms with Gasteiger partial charge in [-0.25, -0.2) is 9.18 Å². The summed E-state index contributed by atoms with van der Waals surface area (Å²) in [4.78, 5) is 52.7. The molecule has 3 atom stereocenters. The van der Waals surface area contributed by atoms with Crippen molar-refractivity contribution >= 4 is 24.2 Å². The predicted molar refractivity (Wildman–Crippen MR) is 143 cm³/mol. The number of hydrogen-bond acceptors (Lipinski definition) is 5. The van der Waals surface area contributed by atoms with Gasteiger partial charge < -0.3 is 20.2 Å². The van der Waals surface area contributed by atoms with Gasteiger partial charge in [0.1, 0.15) is 23.7 Å². The van der Waals surface area contributed by atoms with Crippen molar-refractivity contribution in [3.8, 4) is 0 Å². The highest BCUT2D eigenvalue weighted by atomic mass is 19.1. The molecule has 1 saturated carbocycles. The van der Waals surface area contributed by atoms with Crippen molar-refractivity contribution < 1.29 is 28.3 Å². The van der Waals surface area contributed by atoms with E-state index in [4.69, 9.17) is 4.74 Å². The zero-order chi connectivity index (χ0) is 28.0. The molecule has 0 aromatic heterocycles. The van der Waals surface area contributed by atoms with Crippen molar-refractivity contribution in [3.63, 3.8) is 0 Å². The molecule has 1 aliphatic heterocycles. The van der Waals surface area contributed by atoms with Gasteiger partial charge in [-0.1, -0.05) is 56.3 Å². The van der Waals surface area contributed by atoms with Crippen molar-refractivity contribution in [2.75, 3.05) is 6.54 Å². The molecular weight excluding hydrogens is 501 g/mol. The molecule has 1 aliphatic carbocycles. The van der Waals surface area contributed by atoms with E-state index < -0.39 is 35.5 Å². The molecule has 2 aliphatic rings. The molecule has 0 radical (unpaired) electrons. The zero-order valence-corrected chi connectivity index (χ0v) is 22.4. The van der Waals surface area contributed by atoms with Crippen molar-refractivity contribution in [2.45, 2.75) is 70.2 Å². The first-order valence-corrected chi connectivity index (χ1v) is 13.5. The van der Waals surface area contributed by atoms with Crippen LogP contribution in [-0.2, 0) is 31.3 Å². The molecule has 8 nitrogen and oxygen atoms in total. The molecule has 1 saturated heterocycles. The molecule has 9 heteroatoms. The first-order valence-electron chi connectivity index (χ1n) is 13.5. The number of nitrogens with one attached hydrogen (secondary N) is 2. The summed E-state index contributed by atoms with van der Waals surface area (Å²) in [6.07, 6.45) is 2.19. The summed E-state index contributed by atoms with van der Waals surface area (Å²) in [5, 5.41) is 5.52. The molecule has 3 unspecified atom stereocenters. The zero-order valence-electron chi connectivity index (χ0n) is 22.4. The van der Waals surface area contributed by atoms with Gasteiger partial charge in [-0.15, -0.1) is 0 Å². The highest BCUT2D eigenvalue weighted by Gasteiger charge is 2.50. The molecule has 0 bridgehead atoms. The lowest BCUT2D eigenvalue weighted by Gasteiger charge is -2.33. The number of benzene rings is 2. The maximum atomic E-state index is 14.0. The minimum Gasteiger partial charge on any atom is -0.438 e. The van der Waals surface area contributed by atoms with Gasteiger partial charge in [0, 0.05) is 19.0 Å². The minimum absolute atomic E-state index is 0.0419. The van der Waals surface area contributed by atoms with Crippen LogP contribution in [0.2, 0.25) is 0 Å². The van der Waals surface area contributed by atoms with Crippen LogP contribution in [0.15, 0.2) is 54.6 Å². The van der Waals surface area contributed by atoms with E-state index in [1.165, 1.54) is 17.0 Å². The summed E-state index contributed by atoms with van der Waals surface area (Å²) in [6, 6.07) is 13.5. The fraction of sp³-hybridized carbons (Fsp3) is 0.467. The summed E-state index contributed by atoms with van der Waals surface area (Å²) in [6.45, 7) is 4.55. The third kappa shape index (κ3) is 7.22. The van der Waals surface area contributed by atoms with Gasteiger partial charge in [0.05, 0.1) is 6.04 Å². The maximum absolute atomic E-state index is 14.0. The SMILES string of the molecule is CC(C)CC(C(=O)NC(C=O)CC1CCNC1=O)N(Cc1ccccc1)C(=O)OC1(c2cccc(F)c2)CC1. The second-order valence-corrected chi connectivity index (χ2v) is 10.9. The van der Waals surface area contributed by atoms with E-state index >= 15 is 0 Å². The number of rotatable bonds is 12. The number of aldehydes is 1. The van der Waals surface area contributed by atoms with Gasteiger partial charge in [-0.05, 0) is 61.3 Å². The molecule has 1 heterocycles. The molecule has 2 fully saturated rings. The van der Waals surface area contributed by atoms with Crippen LogP contribution in [0.3, 0.4) is 0 Å². The molecule has 2 aromatic carbocycles. The first-order chi connectivity index (χ1) is 18.7. The van der Waals surface area contributed by atoms with Gasteiger partial charge >= 0.3 is 6.09 Å². The number of halogens is 1. The predicted octanol–water partition coefficient (Wildman–Crippen LogP) is 4.08. The van der Waals surface area contributed by atoms with Crippen LogP contribution in [0.1, 0.15) is 57.1 Å². The standard InChI is InChI=1S/C30H36FN3O5/c1-20(2)15-26(28(37)33-25(19-35)16-22-11-14-32-27(22)36)34(18-21-7-4-3-5-8-21)29(38)39-30(12-13-30)23-9-6-10-24(31)17-23/h3-10,17,19-20,22,25-26H,11-16,18H2,1-2H3,(H,32,36)(H,33,37). The Balaban J connectivity index is 1.58. The molecule has 3 amide bonds. The van der Waals surface area contributed by atoms with E-state index in [9.17, 15) is 23.6 Å². The Labute approximate surface area is 228 Å². The number of carbonyl (C=O) groups is 4. The number of carbonyl (C=O) groups excluding carboxylic acids is 4. The van der Waals surface area contributed by atoms with Gasteiger partial charge in [0.15, 0.2) is 0 Å². The lowest BCUT2D eigenvalue weighted by atomic mass is 9.97. The second kappa shape index (κ2) is 12.4.